The smallest absolute Gasteiger partial charge is 0.238 e. The lowest BCUT2D eigenvalue weighted by molar-refractivity contribution is 0.581. The highest BCUT2D eigenvalue weighted by Gasteiger charge is 2.18. The van der Waals surface area contributed by atoms with Crippen LogP contribution in [0.3, 0.4) is 0 Å². The third-order valence-electron chi connectivity index (χ3n) is 4.15. The summed E-state index contributed by atoms with van der Waals surface area (Å²) in [5, 5.41) is 13.5. The van der Waals surface area contributed by atoms with Gasteiger partial charge in [-0.2, -0.15) is 10.4 Å². The summed E-state index contributed by atoms with van der Waals surface area (Å²) >= 11 is 0. The molecule has 3 aromatic rings. The average Bonchev–Trinajstić information content (AvgIpc) is 2.95. The first kappa shape index (κ1) is 17.9. The van der Waals surface area contributed by atoms with Crippen LogP contribution in [-0.2, 0) is 16.6 Å². The maximum Gasteiger partial charge on any atom is 0.240 e. The van der Waals surface area contributed by atoms with Crippen LogP contribution in [0, 0.1) is 25.2 Å². The number of benzene rings is 2. The molecule has 1 N–H and O–H groups in total. The molecule has 0 fully saturated rings. The van der Waals surface area contributed by atoms with Crippen molar-refractivity contribution >= 4 is 10.0 Å². The molecule has 6 nitrogen and oxygen atoms in total. The summed E-state index contributed by atoms with van der Waals surface area (Å²) < 4.78 is 29.5. The molecule has 0 spiro atoms. The Kier molecular flexibility index (Phi) is 4.89. The van der Waals surface area contributed by atoms with Gasteiger partial charge in [-0.15, -0.1) is 0 Å². The van der Waals surface area contributed by atoms with Crippen molar-refractivity contribution in [1.82, 2.24) is 14.5 Å². The Bertz CT molecular complexity index is 1080. The van der Waals surface area contributed by atoms with Crippen LogP contribution in [0.1, 0.15) is 22.5 Å². The Balaban J connectivity index is 1.86. The molecule has 1 heterocycles. The van der Waals surface area contributed by atoms with Gasteiger partial charge in [0.1, 0.15) is 0 Å². The minimum absolute atomic E-state index is 0.0716. The minimum Gasteiger partial charge on any atom is -0.238 e. The third-order valence-corrected chi connectivity index (χ3v) is 5.55. The van der Waals surface area contributed by atoms with Gasteiger partial charge >= 0.3 is 0 Å². The predicted octanol–water partition coefficient (Wildman–Crippen LogP) is 2.84. The van der Waals surface area contributed by atoms with Gasteiger partial charge in [0.2, 0.25) is 10.0 Å². The molecule has 0 aliphatic heterocycles. The highest BCUT2D eigenvalue weighted by Crippen LogP contribution is 2.19. The number of aryl methyl sites for hydroxylation is 1. The molecule has 0 atom stereocenters. The maximum absolute atomic E-state index is 12.5. The molecule has 0 amide bonds. The van der Waals surface area contributed by atoms with Crippen molar-refractivity contribution in [2.45, 2.75) is 25.3 Å². The average molecular weight is 366 g/mol. The molecule has 0 aliphatic rings. The van der Waals surface area contributed by atoms with Crippen LogP contribution in [-0.4, -0.2) is 18.2 Å². The monoisotopic (exact) mass is 366 g/mol. The van der Waals surface area contributed by atoms with Gasteiger partial charge in [0.25, 0.3) is 0 Å². The third kappa shape index (κ3) is 3.52. The standard InChI is InChI=1S/C19H18N4O2S/c1-14-19(15(2)23(22-14)17-8-4-3-5-9-17)13-21-26(24,25)18-10-6-7-16(11-18)12-20/h3-11,21H,13H2,1-2H3. The summed E-state index contributed by atoms with van der Waals surface area (Å²) in [7, 11) is -3.72. The SMILES string of the molecule is Cc1nn(-c2ccccc2)c(C)c1CNS(=O)(=O)c1cccc(C#N)c1. The number of rotatable bonds is 5. The van der Waals surface area contributed by atoms with Gasteiger partial charge in [-0.05, 0) is 44.2 Å². The van der Waals surface area contributed by atoms with Crippen LogP contribution >= 0.6 is 0 Å². The number of hydrogen-bond donors (Lipinski definition) is 1. The fourth-order valence-corrected chi connectivity index (χ4v) is 3.78. The number of aromatic nitrogens is 2. The van der Waals surface area contributed by atoms with Crippen LogP contribution in [0.5, 0.6) is 0 Å². The van der Waals surface area contributed by atoms with E-state index in [0.29, 0.717) is 5.56 Å². The van der Waals surface area contributed by atoms with E-state index in [9.17, 15) is 8.42 Å². The Labute approximate surface area is 152 Å². The molecule has 0 saturated carbocycles. The molecular weight excluding hydrogens is 348 g/mol. The second-order valence-corrected chi connectivity index (χ2v) is 7.63. The van der Waals surface area contributed by atoms with Gasteiger partial charge in [0, 0.05) is 17.8 Å². The summed E-state index contributed by atoms with van der Waals surface area (Å²) in [6, 6.07) is 17.6. The van der Waals surface area contributed by atoms with E-state index in [1.807, 2.05) is 50.2 Å². The lowest BCUT2D eigenvalue weighted by atomic mass is 10.2. The van der Waals surface area contributed by atoms with E-state index < -0.39 is 10.0 Å². The number of para-hydroxylation sites is 1. The van der Waals surface area contributed by atoms with Crippen LogP contribution in [0.15, 0.2) is 59.5 Å². The molecule has 1 aromatic heterocycles. The fourth-order valence-electron chi connectivity index (χ4n) is 2.73. The Morgan fingerprint density at radius 3 is 2.54 bits per heavy atom. The van der Waals surface area contributed by atoms with Crippen LogP contribution in [0.2, 0.25) is 0 Å². The Hall–Kier alpha value is -2.95. The number of hydrogen-bond acceptors (Lipinski definition) is 4. The van der Waals surface area contributed by atoms with Crippen molar-refractivity contribution in [3.63, 3.8) is 0 Å². The van der Waals surface area contributed by atoms with Gasteiger partial charge < -0.3 is 0 Å². The number of nitrogens with one attached hydrogen (secondary N) is 1. The number of nitriles is 1. The highest BCUT2D eigenvalue weighted by atomic mass is 32.2. The van der Waals surface area contributed by atoms with Crippen molar-refractivity contribution in [3.05, 3.63) is 77.1 Å². The maximum atomic E-state index is 12.5. The summed E-state index contributed by atoms with van der Waals surface area (Å²) in [5.41, 5.74) is 3.69. The van der Waals surface area contributed by atoms with Gasteiger partial charge in [-0.1, -0.05) is 24.3 Å². The molecule has 0 radical (unpaired) electrons. The van der Waals surface area contributed by atoms with E-state index in [4.69, 9.17) is 5.26 Å². The molecule has 2 aromatic carbocycles. The Morgan fingerprint density at radius 2 is 1.85 bits per heavy atom. The molecule has 0 bridgehead atoms. The molecule has 26 heavy (non-hydrogen) atoms. The Morgan fingerprint density at radius 1 is 1.12 bits per heavy atom. The molecule has 132 valence electrons. The van der Waals surface area contributed by atoms with E-state index in [-0.39, 0.29) is 11.4 Å². The van der Waals surface area contributed by atoms with E-state index >= 15 is 0 Å². The second kappa shape index (κ2) is 7.12. The van der Waals surface area contributed by atoms with E-state index in [1.54, 1.807) is 16.8 Å². The van der Waals surface area contributed by atoms with Crippen LogP contribution in [0.4, 0.5) is 0 Å². The van der Waals surface area contributed by atoms with Crippen molar-refractivity contribution in [2.24, 2.45) is 0 Å². The van der Waals surface area contributed by atoms with Gasteiger partial charge in [0.05, 0.1) is 27.9 Å². The van der Waals surface area contributed by atoms with Crippen LogP contribution < -0.4 is 4.72 Å². The van der Waals surface area contributed by atoms with Crippen molar-refractivity contribution < 1.29 is 8.42 Å². The van der Waals surface area contributed by atoms with Gasteiger partial charge in [-0.25, -0.2) is 17.8 Å². The normalized spacial score (nSPS) is 11.3. The second-order valence-electron chi connectivity index (χ2n) is 5.86. The predicted molar refractivity (Wildman–Crippen MR) is 98.2 cm³/mol. The molecule has 7 heteroatoms. The number of sulfonamides is 1. The summed E-state index contributed by atoms with van der Waals surface area (Å²) in [5.74, 6) is 0. The minimum atomic E-state index is -3.72. The quantitative estimate of drug-likeness (QED) is 0.752. The van der Waals surface area contributed by atoms with Crippen LogP contribution in [0.25, 0.3) is 5.69 Å². The molecule has 0 aliphatic carbocycles. The molecule has 3 rings (SSSR count). The summed E-state index contributed by atoms with van der Waals surface area (Å²) in [6.07, 6.45) is 0. The molecule has 0 unspecified atom stereocenters. The van der Waals surface area contributed by atoms with Crippen molar-refractivity contribution in [1.29, 1.82) is 5.26 Å². The zero-order valence-corrected chi connectivity index (χ0v) is 15.3. The topological polar surface area (TPSA) is 87.8 Å². The van der Waals surface area contributed by atoms with Crippen molar-refractivity contribution in [3.8, 4) is 11.8 Å². The summed E-state index contributed by atoms with van der Waals surface area (Å²) in [4.78, 5) is 0.0716. The van der Waals surface area contributed by atoms with E-state index in [2.05, 4.69) is 9.82 Å². The fraction of sp³-hybridized carbons (Fsp3) is 0.158. The molecular formula is C19H18N4O2S. The van der Waals surface area contributed by atoms with Gasteiger partial charge in [-0.3, -0.25) is 0 Å². The highest BCUT2D eigenvalue weighted by molar-refractivity contribution is 7.89. The first-order valence-corrected chi connectivity index (χ1v) is 9.51. The lowest BCUT2D eigenvalue weighted by Gasteiger charge is -2.08. The lowest BCUT2D eigenvalue weighted by Crippen LogP contribution is -2.24. The van der Waals surface area contributed by atoms with Gasteiger partial charge in [0.15, 0.2) is 0 Å². The van der Waals surface area contributed by atoms with Crippen molar-refractivity contribution in [2.75, 3.05) is 0 Å². The first-order valence-electron chi connectivity index (χ1n) is 8.03. The largest absolute Gasteiger partial charge is 0.240 e. The first-order chi connectivity index (χ1) is 12.4. The van der Waals surface area contributed by atoms with E-state index in [0.717, 1.165) is 22.6 Å². The number of nitrogens with zero attached hydrogens (tertiary/aromatic N) is 3. The zero-order chi connectivity index (χ0) is 18.7. The zero-order valence-electron chi connectivity index (χ0n) is 14.5. The summed E-state index contributed by atoms with van der Waals surface area (Å²) in [6.45, 7) is 3.89. The van der Waals surface area contributed by atoms with E-state index in [1.165, 1.54) is 12.1 Å². The molecule has 0 saturated heterocycles.